The highest BCUT2D eigenvalue weighted by molar-refractivity contribution is 5.89. The fourth-order valence-electron chi connectivity index (χ4n) is 2.16. The van der Waals surface area contributed by atoms with E-state index >= 15 is 0 Å². The number of hydrogen-bond donors (Lipinski definition) is 1. The summed E-state index contributed by atoms with van der Waals surface area (Å²) in [6.07, 6.45) is 7.05. The van der Waals surface area contributed by atoms with Crippen molar-refractivity contribution >= 4 is 5.71 Å². The molecule has 2 nitrogen and oxygen atoms in total. The van der Waals surface area contributed by atoms with Crippen LogP contribution < -0.4 is 5.32 Å². The van der Waals surface area contributed by atoms with Crippen molar-refractivity contribution in [3.8, 4) is 0 Å². The molecule has 0 spiro atoms. The van der Waals surface area contributed by atoms with Gasteiger partial charge in [-0.05, 0) is 50.8 Å². The van der Waals surface area contributed by atoms with Crippen LogP contribution in [-0.4, -0.2) is 18.8 Å². The molecule has 13 heavy (non-hydrogen) atoms. The Balaban J connectivity index is 1.78. The van der Waals surface area contributed by atoms with E-state index in [9.17, 15) is 0 Å². The Morgan fingerprint density at radius 2 is 2.23 bits per heavy atom. The molecule has 2 rings (SSSR count). The van der Waals surface area contributed by atoms with E-state index in [4.69, 9.17) is 0 Å². The Labute approximate surface area is 80.1 Å². The second kappa shape index (κ2) is 4.05. The zero-order valence-electron chi connectivity index (χ0n) is 8.34. The Kier molecular flexibility index (Phi) is 2.79. The number of nitrogens with one attached hydrogen (secondary N) is 1. The first-order valence-corrected chi connectivity index (χ1v) is 5.26. The molecule has 0 atom stereocenters. The lowest BCUT2D eigenvalue weighted by Crippen LogP contribution is -2.28. The van der Waals surface area contributed by atoms with E-state index in [1.807, 2.05) is 6.20 Å². The van der Waals surface area contributed by atoms with Gasteiger partial charge in [0.1, 0.15) is 0 Å². The number of aliphatic imine (C=N–C) groups is 1. The topological polar surface area (TPSA) is 24.4 Å². The van der Waals surface area contributed by atoms with Gasteiger partial charge in [-0.1, -0.05) is 0 Å². The predicted octanol–water partition coefficient (Wildman–Crippen LogP) is 2.12. The normalized spacial score (nSPS) is 24.4. The number of rotatable bonds is 2. The highest BCUT2D eigenvalue weighted by atomic mass is 14.9. The van der Waals surface area contributed by atoms with Crippen LogP contribution in [0, 0.1) is 5.92 Å². The molecule has 1 fully saturated rings. The number of piperidine rings is 1. The van der Waals surface area contributed by atoms with Crippen LogP contribution in [0.25, 0.3) is 0 Å². The fourth-order valence-corrected chi connectivity index (χ4v) is 2.16. The van der Waals surface area contributed by atoms with Crippen molar-refractivity contribution in [1.82, 2.24) is 5.32 Å². The molecule has 0 saturated carbocycles. The average molecular weight is 178 g/mol. The van der Waals surface area contributed by atoms with E-state index in [-0.39, 0.29) is 0 Å². The molecule has 2 heteroatoms. The van der Waals surface area contributed by atoms with Crippen molar-refractivity contribution in [3.05, 3.63) is 11.8 Å². The third-order valence-corrected chi connectivity index (χ3v) is 2.93. The number of nitrogens with zero attached hydrogens (tertiary/aromatic N) is 1. The molecule has 1 N–H and O–H groups in total. The maximum Gasteiger partial charge on any atom is 0.0260 e. The Morgan fingerprint density at radius 1 is 1.46 bits per heavy atom. The molecule has 1 saturated heterocycles. The summed E-state index contributed by atoms with van der Waals surface area (Å²) < 4.78 is 0. The van der Waals surface area contributed by atoms with Crippen LogP contribution in [0.2, 0.25) is 0 Å². The predicted molar refractivity (Wildman–Crippen MR) is 56.0 cm³/mol. The standard InChI is InChI=1S/C11H18N2/c1-9-6-11(13-8-9)7-10-2-4-12-5-3-10/h8,10,12H,2-7H2,1H3. The van der Waals surface area contributed by atoms with Gasteiger partial charge in [0.15, 0.2) is 0 Å². The van der Waals surface area contributed by atoms with Gasteiger partial charge in [0.25, 0.3) is 0 Å². The molecule has 72 valence electrons. The molecule has 0 aliphatic carbocycles. The van der Waals surface area contributed by atoms with Crippen LogP contribution in [0.15, 0.2) is 16.8 Å². The van der Waals surface area contributed by atoms with Crippen LogP contribution in [0.5, 0.6) is 0 Å². The monoisotopic (exact) mass is 178 g/mol. The molecule has 0 aromatic rings. The van der Waals surface area contributed by atoms with Crippen molar-refractivity contribution in [2.24, 2.45) is 10.9 Å². The Bertz CT molecular complexity index is 234. The molecule has 0 radical (unpaired) electrons. The molecule has 0 aromatic heterocycles. The minimum absolute atomic E-state index is 0.888. The van der Waals surface area contributed by atoms with Gasteiger partial charge in [-0.25, -0.2) is 0 Å². The van der Waals surface area contributed by atoms with Gasteiger partial charge >= 0.3 is 0 Å². The number of hydrogen-bond acceptors (Lipinski definition) is 2. The molecule has 2 aliphatic rings. The minimum Gasteiger partial charge on any atom is -0.317 e. The summed E-state index contributed by atoms with van der Waals surface area (Å²) in [7, 11) is 0. The van der Waals surface area contributed by atoms with Gasteiger partial charge in [-0.3, -0.25) is 4.99 Å². The summed E-state index contributed by atoms with van der Waals surface area (Å²) in [6, 6.07) is 0. The molecule has 0 unspecified atom stereocenters. The molecule has 2 aliphatic heterocycles. The van der Waals surface area contributed by atoms with E-state index in [1.165, 1.54) is 43.6 Å². The van der Waals surface area contributed by atoms with Crippen LogP contribution in [-0.2, 0) is 0 Å². The summed E-state index contributed by atoms with van der Waals surface area (Å²) in [5.41, 5.74) is 2.83. The number of allylic oxidation sites excluding steroid dienone is 1. The maximum atomic E-state index is 4.45. The average Bonchev–Trinajstić information content (AvgIpc) is 2.53. The van der Waals surface area contributed by atoms with Gasteiger partial charge in [0, 0.05) is 18.3 Å². The second-order valence-electron chi connectivity index (χ2n) is 4.25. The first-order chi connectivity index (χ1) is 6.34. The van der Waals surface area contributed by atoms with Gasteiger partial charge < -0.3 is 5.32 Å². The van der Waals surface area contributed by atoms with E-state index in [0.29, 0.717) is 0 Å². The van der Waals surface area contributed by atoms with E-state index in [1.54, 1.807) is 0 Å². The van der Waals surface area contributed by atoms with Crippen molar-refractivity contribution in [2.45, 2.75) is 32.6 Å². The first kappa shape index (κ1) is 8.95. The van der Waals surface area contributed by atoms with Crippen molar-refractivity contribution < 1.29 is 0 Å². The van der Waals surface area contributed by atoms with Crippen molar-refractivity contribution in [2.75, 3.05) is 13.1 Å². The largest absolute Gasteiger partial charge is 0.317 e. The van der Waals surface area contributed by atoms with Crippen LogP contribution >= 0.6 is 0 Å². The summed E-state index contributed by atoms with van der Waals surface area (Å²) in [6.45, 7) is 4.56. The molecule has 0 bridgehead atoms. The van der Waals surface area contributed by atoms with Crippen LogP contribution in [0.3, 0.4) is 0 Å². The SMILES string of the molecule is CC1=CN=C(CC2CCNCC2)C1. The van der Waals surface area contributed by atoms with Crippen LogP contribution in [0.1, 0.15) is 32.6 Å². The molecule has 2 heterocycles. The van der Waals surface area contributed by atoms with Gasteiger partial charge in [-0.2, -0.15) is 0 Å². The lowest BCUT2D eigenvalue weighted by Gasteiger charge is -2.22. The molecular formula is C11H18N2. The molecular weight excluding hydrogens is 160 g/mol. The Hall–Kier alpha value is -0.630. The fraction of sp³-hybridized carbons (Fsp3) is 0.727. The van der Waals surface area contributed by atoms with E-state index in [2.05, 4.69) is 17.2 Å². The lowest BCUT2D eigenvalue weighted by molar-refractivity contribution is 0.384. The zero-order chi connectivity index (χ0) is 9.10. The third kappa shape index (κ3) is 2.41. The van der Waals surface area contributed by atoms with Crippen molar-refractivity contribution in [1.29, 1.82) is 0 Å². The second-order valence-corrected chi connectivity index (χ2v) is 4.25. The van der Waals surface area contributed by atoms with Gasteiger partial charge in [0.05, 0.1) is 0 Å². The minimum atomic E-state index is 0.888. The highest BCUT2D eigenvalue weighted by Crippen LogP contribution is 2.21. The van der Waals surface area contributed by atoms with Gasteiger partial charge in [-0.15, -0.1) is 0 Å². The molecule has 0 amide bonds. The molecule has 0 aromatic carbocycles. The third-order valence-electron chi connectivity index (χ3n) is 2.93. The first-order valence-electron chi connectivity index (χ1n) is 5.26. The highest BCUT2D eigenvalue weighted by Gasteiger charge is 2.16. The quantitative estimate of drug-likeness (QED) is 0.688. The van der Waals surface area contributed by atoms with Crippen LogP contribution in [0.4, 0.5) is 0 Å². The smallest absolute Gasteiger partial charge is 0.0260 e. The van der Waals surface area contributed by atoms with E-state index < -0.39 is 0 Å². The summed E-state index contributed by atoms with van der Waals surface area (Å²) in [5, 5.41) is 3.40. The lowest BCUT2D eigenvalue weighted by atomic mass is 9.91. The van der Waals surface area contributed by atoms with Gasteiger partial charge in [0.2, 0.25) is 0 Å². The van der Waals surface area contributed by atoms with Crippen molar-refractivity contribution in [3.63, 3.8) is 0 Å². The summed E-state index contributed by atoms with van der Waals surface area (Å²) in [5.74, 6) is 0.888. The summed E-state index contributed by atoms with van der Waals surface area (Å²) in [4.78, 5) is 4.45. The maximum absolute atomic E-state index is 4.45. The van der Waals surface area contributed by atoms with E-state index in [0.717, 1.165) is 12.3 Å². The zero-order valence-corrected chi connectivity index (χ0v) is 8.34. The summed E-state index contributed by atoms with van der Waals surface area (Å²) >= 11 is 0. The Morgan fingerprint density at radius 3 is 2.85 bits per heavy atom.